The second kappa shape index (κ2) is 8.93. The van der Waals surface area contributed by atoms with Gasteiger partial charge in [0.05, 0.1) is 24.3 Å². The fourth-order valence-electron chi connectivity index (χ4n) is 3.70. The zero-order valence-electron chi connectivity index (χ0n) is 16.0. The Morgan fingerprint density at radius 1 is 1.15 bits per heavy atom. The monoisotopic (exact) mass is 372 g/mol. The number of carbonyl (C=O) groups is 2. The van der Waals surface area contributed by atoms with Gasteiger partial charge in [0.1, 0.15) is 5.75 Å². The van der Waals surface area contributed by atoms with Gasteiger partial charge in [-0.25, -0.2) is 9.59 Å². The molecule has 1 saturated carbocycles. The number of allylic oxidation sites excluding steroid dienone is 1. The third kappa shape index (κ3) is 4.62. The molecule has 1 aliphatic carbocycles. The Hall–Kier alpha value is -2.50. The highest BCUT2D eigenvalue weighted by Gasteiger charge is 2.33. The summed E-state index contributed by atoms with van der Waals surface area (Å²) in [6, 6.07) is 6.80. The van der Waals surface area contributed by atoms with Crippen LogP contribution in [0.5, 0.6) is 5.75 Å². The van der Waals surface area contributed by atoms with E-state index >= 15 is 0 Å². The number of hydrogen-bond acceptors (Lipinski definition) is 4. The van der Waals surface area contributed by atoms with Gasteiger partial charge in [0.2, 0.25) is 0 Å². The Morgan fingerprint density at radius 3 is 2.48 bits per heavy atom. The van der Waals surface area contributed by atoms with E-state index in [9.17, 15) is 9.59 Å². The molecule has 0 radical (unpaired) electrons. The summed E-state index contributed by atoms with van der Waals surface area (Å²) in [6.45, 7) is 4.07. The Morgan fingerprint density at radius 2 is 1.85 bits per heavy atom. The molecular formula is C21H28N2O4. The van der Waals surface area contributed by atoms with Crippen molar-refractivity contribution in [1.82, 2.24) is 10.6 Å². The first-order valence-corrected chi connectivity index (χ1v) is 9.86. The first-order chi connectivity index (χ1) is 13.1. The molecule has 1 aliphatic heterocycles. The molecular weight excluding hydrogens is 344 g/mol. The topological polar surface area (TPSA) is 76.7 Å². The van der Waals surface area contributed by atoms with Gasteiger partial charge >= 0.3 is 12.0 Å². The minimum atomic E-state index is -0.528. The van der Waals surface area contributed by atoms with Crippen LogP contribution < -0.4 is 15.4 Å². The molecule has 1 unspecified atom stereocenters. The summed E-state index contributed by atoms with van der Waals surface area (Å²) >= 11 is 0. The minimum absolute atomic E-state index is 0.288. The number of nitrogens with one attached hydrogen (secondary N) is 2. The molecule has 1 atom stereocenters. The van der Waals surface area contributed by atoms with E-state index in [1.54, 1.807) is 6.92 Å². The van der Waals surface area contributed by atoms with E-state index in [0.717, 1.165) is 30.6 Å². The first-order valence-electron chi connectivity index (χ1n) is 9.86. The number of rotatable bonds is 7. The zero-order chi connectivity index (χ0) is 19.2. The van der Waals surface area contributed by atoms with E-state index in [1.165, 1.54) is 12.8 Å². The number of carbonyl (C=O) groups excluding carboxylic acids is 2. The largest absolute Gasteiger partial charge is 0.490 e. The summed E-state index contributed by atoms with van der Waals surface area (Å²) in [5.74, 6) is 0.422. The van der Waals surface area contributed by atoms with Crippen LogP contribution in [0.4, 0.5) is 4.79 Å². The molecule has 2 N–H and O–H groups in total. The average molecular weight is 372 g/mol. The minimum Gasteiger partial charge on any atom is -0.490 e. The molecule has 1 aromatic carbocycles. The molecule has 1 fully saturated rings. The van der Waals surface area contributed by atoms with Crippen LogP contribution in [0.2, 0.25) is 0 Å². The van der Waals surface area contributed by atoms with E-state index in [4.69, 9.17) is 9.47 Å². The Bertz CT molecular complexity index is 705. The summed E-state index contributed by atoms with van der Waals surface area (Å²) in [4.78, 5) is 24.7. The highest BCUT2D eigenvalue weighted by molar-refractivity contribution is 5.95. The highest BCUT2D eigenvalue weighted by Crippen LogP contribution is 2.31. The maximum atomic E-state index is 12.6. The lowest BCUT2D eigenvalue weighted by Gasteiger charge is -2.29. The Labute approximate surface area is 160 Å². The highest BCUT2D eigenvalue weighted by atomic mass is 16.5. The average Bonchev–Trinajstić information content (AvgIpc) is 3.15. The fourth-order valence-corrected chi connectivity index (χ4v) is 3.70. The van der Waals surface area contributed by atoms with Gasteiger partial charge in [-0.15, -0.1) is 0 Å². The smallest absolute Gasteiger partial charge is 0.338 e. The van der Waals surface area contributed by atoms with Crippen molar-refractivity contribution in [2.75, 3.05) is 6.61 Å². The van der Waals surface area contributed by atoms with Crippen molar-refractivity contribution in [3.05, 3.63) is 41.1 Å². The van der Waals surface area contributed by atoms with Gasteiger partial charge in [0.25, 0.3) is 0 Å². The van der Waals surface area contributed by atoms with Gasteiger partial charge in [-0.1, -0.05) is 25.5 Å². The van der Waals surface area contributed by atoms with Crippen LogP contribution in [0.25, 0.3) is 0 Å². The zero-order valence-corrected chi connectivity index (χ0v) is 16.0. The first kappa shape index (κ1) is 19.3. The lowest BCUT2D eigenvalue weighted by Crippen LogP contribution is -2.46. The lowest BCUT2D eigenvalue weighted by molar-refractivity contribution is -0.139. The number of esters is 1. The van der Waals surface area contributed by atoms with Crippen molar-refractivity contribution in [1.29, 1.82) is 0 Å². The van der Waals surface area contributed by atoms with Gasteiger partial charge in [-0.2, -0.15) is 0 Å². The Kier molecular flexibility index (Phi) is 6.37. The van der Waals surface area contributed by atoms with Crippen molar-refractivity contribution < 1.29 is 19.1 Å². The summed E-state index contributed by atoms with van der Waals surface area (Å²) < 4.78 is 11.3. The van der Waals surface area contributed by atoms with Gasteiger partial charge in [-0.05, 0) is 56.7 Å². The number of benzene rings is 1. The molecule has 1 aromatic rings. The number of ether oxygens (including phenoxy) is 2. The molecule has 27 heavy (non-hydrogen) atoms. The lowest BCUT2D eigenvalue weighted by atomic mass is 9.94. The van der Waals surface area contributed by atoms with Crippen molar-refractivity contribution in [3.8, 4) is 5.75 Å². The number of urea groups is 1. The van der Waals surface area contributed by atoms with E-state index in [1.807, 2.05) is 31.2 Å². The van der Waals surface area contributed by atoms with E-state index < -0.39 is 12.0 Å². The van der Waals surface area contributed by atoms with Crippen LogP contribution in [0.1, 0.15) is 64.0 Å². The maximum absolute atomic E-state index is 12.6. The van der Waals surface area contributed by atoms with Gasteiger partial charge < -0.3 is 20.1 Å². The molecule has 0 bridgehead atoms. The summed E-state index contributed by atoms with van der Waals surface area (Å²) in [5.41, 5.74) is 1.94. The number of amides is 2. The molecule has 2 amide bonds. The van der Waals surface area contributed by atoms with Crippen LogP contribution in [0.15, 0.2) is 35.5 Å². The second-order valence-corrected chi connectivity index (χ2v) is 6.99. The predicted octanol–water partition coefficient (Wildman–Crippen LogP) is 3.98. The van der Waals surface area contributed by atoms with Gasteiger partial charge in [-0.3, -0.25) is 0 Å². The Balaban J connectivity index is 1.85. The number of hydrogen-bond donors (Lipinski definition) is 2. The molecule has 6 heteroatoms. The molecule has 0 saturated heterocycles. The van der Waals surface area contributed by atoms with E-state index in [2.05, 4.69) is 10.6 Å². The quantitative estimate of drug-likeness (QED) is 0.710. The van der Waals surface area contributed by atoms with Crippen LogP contribution in [-0.2, 0) is 9.53 Å². The van der Waals surface area contributed by atoms with Gasteiger partial charge in [0, 0.05) is 5.70 Å². The predicted molar refractivity (Wildman–Crippen MR) is 102 cm³/mol. The second-order valence-electron chi connectivity index (χ2n) is 6.99. The van der Waals surface area contributed by atoms with Crippen molar-refractivity contribution in [2.45, 2.75) is 64.5 Å². The SMILES string of the molecule is CCCC1=C(C(=O)OCC)C(c2ccc(OC3CCCC3)cc2)NC(=O)N1. The van der Waals surface area contributed by atoms with E-state index in [-0.39, 0.29) is 12.6 Å². The molecule has 1 heterocycles. The summed E-state index contributed by atoms with van der Waals surface area (Å²) in [6.07, 6.45) is 6.36. The normalized spacial score (nSPS) is 20.2. The molecule has 0 spiro atoms. The van der Waals surface area contributed by atoms with Crippen LogP contribution in [0.3, 0.4) is 0 Å². The van der Waals surface area contributed by atoms with Crippen LogP contribution >= 0.6 is 0 Å². The molecule has 3 rings (SSSR count). The third-order valence-corrected chi connectivity index (χ3v) is 4.97. The van der Waals surface area contributed by atoms with E-state index in [0.29, 0.717) is 23.8 Å². The third-order valence-electron chi connectivity index (χ3n) is 4.97. The molecule has 146 valence electrons. The maximum Gasteiger partial charge on any atom is 0.338 e. The van der Waals surface area contributed by atoms with Crippen molar-refractivity contribution in [2.24, 2.45) is 0 Å². The molecule has 6 nitrogen and oxygen atoms in total. The van der Waals surface area contributed by atoms with Crippen LogP contribution in [-0.4, -0.2) is 24.7 Å². The standard InChI is InChI=1S/C21H28N2O4/c1-3-7-17-18(20(24)26-4-2)19(23-21(25)22-17)14-10-12-16(13-11-14)27-15-8-5-6-9-15/h10-13,15,19H,3-9H2,1-2H3,(H2,22,23,25). The van der Waals surface area contributed by atoms with Crippen molar-refractivity contribution in [3.63, 3.8) is 0 Å². The molecule has 2 aliphatic rings. The van der Waals surface area contributed by atoms with Crippen molar-refractivity contribution >= 4 is 12.0 Å². The summed E-state index contributed by atoms with van der Waals surface area (Å²) in [7, 11) is 0. The van der Waals surface area contributed by atoms with Crippen LogP contribution in [0, 0.1) is 0 Å². The fraction of sp³-hybridized carbons (Fsp3) is 0.524. The summed E-state index contributed by atoms with van der Waals surface area (Å²) in [5, 5.41) is 5.62. The van der Waals surface area contributed by atoms with Gasteiger partial charge in [0.15, 0.2) is 0 Å². The molecule has 0 aromatic heterocycles.